The number of allylic oxidation sites excluding steroid dienone is 1. The Morgan fingerprint density at radius 1 is 1.38 bits per heavy atom. The number of fused-ring (bicyclic) bond motifs is 1. The van der Waals surface area contributed by atoms with Gasteiger partial charge in [-0.15, -0.1) is 11.5 Å². The minimum atomic E-state index is -0.732. The van der Waals surface area contributed by atoms with Crippen LogP contribution in [-0.2, 0) is 12.1 Å². The van der Waals surface area contributed by atoms with Gasteiger partial charge in [0.05, 0.1) is 28.6 Å². The van der Waals surface area contributed by atoms with Crippen LogP contribution in [0.2, 0.25) is 0 Å². The Bertz CT molecular complexity index is 1230. The largest absolute Gasteiger partial charge is 0.365 e. The molecule has 0 unspecified atom stereocenters. The van der Waals surface area contributed by atoms with Crippen LogP contribution in [0.15, 0.2) is 48.2 Å². The summed E-state index contributed by atoms with van der Waals surface area (Å²) in [7, 11) is 0. The number of nitrogens with one attached hydrogen (secondary N) is 1. The van der Waals surface area contributed by atoms with E-state index in [9.17, 15) is 0 Å². The number of benzene rings is 1. The highest BCUT2D eigenvalue weighted by Gasteiger charge is 2.30. The van der Waals surface area contributed by atoms with Gasteiger partial charge in [-0.3, -0.25) is 0 Å². The monoisotopic (exact) mass is 428 g/mol. The third-order valence-corrected chi connectivity index (χ3v) is 5.92. The maximum absolute atomic E-state index is 6.81. The summed E-state index contributed by atoms with van der Waals surface area (Å²) < 4.78 is 1.69. The molecule has 2 aromatic heterocycles. The highest BCUT2D eigenvalue weighted by atomic mass is 15.4. The van der Waals surface area contributed by atoms with Crippen molar-refractivity contribution in [3.8, 4) is 12.3 Å². The number of hydrogen-bond donors (Lipinski definition) is 2. The van der Waals surface area contributed by atoms with Crippen molar-refractivity contribution in [2.75, 3.05) is 23.3 Å². The number of hydrogen-bond acceptors (Lipinski definition) is 7. The lowest BCUT2D eigenvalue weighted by Gasteiger charge is -2.33. The molecule has 0 bridgehead atoms. The quantitative estimate of drug-likeness (QED) is 0.458. The van der Waals surface area contributed by atoms with Crippen LogP contribution in [0.4, 0.5) is 17.3 Å². The minimum absolute atomic E-state index is 0.355. The number of rotatable bonds is 6. The second-order valence-corrected chi connectivity index (χ2v) is 8.09. The van der Waals surface area contributed by atoms with E-state index in [4.69, 9.17) is 17.1 Å². The molecule has 0 aliphatic carbocycles. The highest BCUT2D eigenvalue weighted by molar-refractivity contribution is 5.79. The Morgan fingerprint density at radius 3 is 2.94 bits per heavy atom. The maximum Gasteiger partial charge on any atom is 0.227 e. The van der Waals surface area contributed by atoms with Crippen LogP contribution in [0.5, 0.6) is 0 Å². The summed E-state index contributed by atoms with van der Waals surface area (Å²) in [5.74, 6) is 3.07. The first-order chi connectivity index (χ1) is 15.4. The van der Waals surface area contributed by atoms with E-state index in [2.05, 4.69) is 43.6 Å². The number of nitrogens with two attached hydrogens (primary N) is 1. The van der Waals surface area contributed by atoms with Crippen LogP contribution < -0.4 is 16.0 Å². The van der Waals surface area contributed by atoms with Gasteiger partial charge in [-0.05, 0) is 45.4 Å². The molecule has 3 aromatic rings. The van der Waals surface area contributed by atoms with Crippen molar-refractivity contribution in [2.45, 2.75) is 39.3 Å². The summed E-state index contributed by atoms with van der Waals surface area (Å²) >= 11 is 0. The lowest BCUT2D eigenvalue weighted by Crippen LogP contribution is -2.39. The highest BCUT2D eigenvalue weighted by Crippen LogP contribution is 2.34. The van der Waals surface area contributed by atoms with Crippen LogP contribution >= 0.6 is 0 Å². The fourth-order valence-corrected chi connectivity index (χ4v) is 3.77. The third-order valence-electron chi connectivity index (χ3n) is 5.92. The predicted molar refractivity (Wildman–Crippen MR) is 129 cm³/mol. The molecule has 0 saturated heterocycles. The Hall–Kier alpha value is -3.70. The van der Waals surface area contributed by atoms with Gasteiger partial charge >= 0.3 is 0 Å². The molecular formula is C24H28N8. The Kier molecular flexibility index (Phi) is 5.93. The van der Waals surface area contributed by atoms with Gasteiger partial charge in [0.15, 0.2) is 0 Å². The van der Waals surface area contributed by atoms with Crippen LogP contribution in [0.25, 0.3) is 11.0 Å². The zero-order chi connectivity index (χ0) is 22.7. The normalized spacial score (nSPS) is 16.1. The van der Waals surface area contributed by atoms with Gasteiger partial charge in [0, 0.05) is 18.8 Å². The van der Waals surface area contributed by atoms with Crippen molar-refractivity contribution in [3.05, 3.63) is 53.9 Å². The molecule has 4 rings (SSSR count). The fraction of sp³-hybridized carbons (Fsp3) is 0.333. The van der Waals surface area contributed by atoms with E-state index in [-0.39, 0.29) is 0 Å². The van der Waals surface area contributed by atoms with Crippen molar-refractivity contribution >= 4 is 28.4 Å². The maximum atomic E-state index is 6.81. The van der Waals surface area contributed by atoms with E-state index in [1.54, 1.807) is 4.68 Å². The summed E-state index contributed by atoms with van der Waals surface area (Å²) in [6, 6.07) is 5.75. The molecule has 3 N–H and O–H groups in total. The third kappa shape index (κ3) is 4.07. The fourth-order valence-electron chi connectivity index (χ4n) is 3.77. The Morgan fingerprint density at radius 2 is 2.22 bits per heavy atom. The minimum Gasteiger partial charge on any atom is -0.365 e. The van der Waals surface area contributed by atoms with E-state index < -0.39 is 5.54 Å². The molecule has 0 saturated carbocycles. The van der Waals surface area contributed by atoms with Crippen LogP contribution in [-0.4, -0.2) is 38.1 Å². The standard InChI is InChI=1S/C24H28N8/c1-5-12-32-20-15-18(10-11-19(20)29-30-32)27-23-26-16-21(31-13-8-7-9-14-31)22(28-23)24(4,25)17(3)6-2/h1,6-8,10-11,15-16H,9,12-14,25H2,2-4H3,(H,26,27,28)/b17-6+/t24-/m1/s1. The lowest BCUT2D eigenvalue weighted by atomic mass is 9.88. The second kappa shape index (κ2) is 8.81. The molecular weight excluding hydrogens is 400 g/mol. The van der Waals surface area contributed by atoms with E-state index in [1.807, 2.05) is 51.2 Å². The van der Waals surface area contributed by atoms with Crippen molar-refractivity contribution < 1.29 is 0 Å². The van der Waals surface area contributed by atoms with Gasteiger partial charge in [0.2, 0.25) is 5.95 Å². The first kappa shape index (κ1) is 21.5. The van der Waals surface area contributed by atoms with Gasteiger partial charge < -0.3 is 16.0 Å². The first-order valence-electron chi connectivity index (χ1n) is 10.7. The van der Waals surface area contributed by atoms with Crippen LogP contribution in [0.1, 0.15) is 32.9 Å². The van der Waals surface area contributed by atoms with Crippen molar-refractivity contribution in [3.63, 3.8) is 0 Å². The van der Waals surface area contributed by atoms with E-state index in [0.29, 0.717) is 12.5 Å². The van der Waals surface area contributed by atoms with Crippen LogP contribution in [0, 0.1) is 12.3 Å². The molecule has 1 aromatic carbocycles. The molecule has 0 amide bonds. The topological polar surface area (TPSA) is 97.8 Å². The molecule has 8 nitrogen and oxygen atoms in total. The molecule has 1 aliphatic rings. The van der Waals surface area contributed by atoms with Crippen molar-refractivity contribution in [1.29, 1.82) is 0 Å². The molecule has 1 atom stereocenters. The Labute approximate surface area is 188 Å². The van der Waals surface area contributed by atoms with E-state index in [0.717, 1.165) is 53.2 Å². The van der Waals surface area contributed by atoms with Gasteiger partial charge in [-0.2, -0.15) is 0 Å². The molecule has 0 radical (unpaired) electrons. The summed E-state index contributed by atoms with van der Waals surface area (Å²) in [5, 5.41) is 11.6. The number of anilines is 3. The van der Waals surface area contributed by atoms with Gasteiger partial charge in [0.1, 0.15) is 12.1 Å². The van der Waals surface area contributed by atoms with Crippen molar-refractivity contribution in [1.82, 2.24) is 25.0 Å². The molecule has 3 heterocycles. The van der Waals surface area contributed by atoms with Gasteiger partial charge in [-0.25, -0.2) is 14.6 Å². The lowest BCUT2D eigenvalue weighted by molar-refractivity contribution is 0.562. The van der Waals surface area contributed by atoms with E-state index in [1.165, 1.54) is 0 Å². The number of terminal acetylenes is 1. The van der Waals surface area contributed by atoms with Gasteiger partial charge in [-0.1, -0.05) is 34.9 Å². The number of nitrogens with zero attached hydrogens (tertiary/aromatic N) is 6. The molecule has 0 fully saturated rings. The summed E-state index contributed by atoms with van der Waals surface area (Å²) in [4.78, 5) is 11.8. The predicted octanol–water partition coefficient (Wildman–Crippen LogP) is 3.50. The molecule has 1 aliphatic heterocycles. The molecule has 32 heavy (non-hydrogen) atoms. The Balaban J connectivity index is 1.73. The summed E-state index contributed by atoms with van der Waals surface area (Å²) in [6.45, 7) is 8.10. The van der Waals surface area contributed by atoms with Crippen LogP contribution in [0.3, 0.4) is 0 Å². The summed E-state index contributed by atoms with van der Waals surface area (Å²) in [5.41, 5.74) is 11.3. The molecule has 0 spiro atoms. The molecule has 164 valence electrons. The second-order valence-electron chi connectivity index (χ2n) is 8.09. The molecule has 8 heteroatoms. The SMILES string of the molecule is C#CCn1nnc2ccc(Nc3ncc(N4CC=CCC4)c([C@](C)(N)/C(C)=C/C)n3)cc21. The van der Waals surface area contributed by atoms with Crippen molar-refractivity contribution in [2.24, 2.45) is 5.73 Å². The zero-order valence-corrected chi connectivity index (χ0v) is 18.7. The van der Waals surface area contributed by atoms with E-state index >= 15 is 0 Å². The number of aromatic nitrogens is 5. The average molecular weight is 429 g/mol. The smallest absolute Gasteiger partial charge is 0.227 e. The first-order valence-corrected chi connectivity index (χ1v) is 10.7. The van der Waals surface area contributed by atoms with Gasteiger partial charge in [0.25, 0.3) is 0 Å². The summed E-state index contributed by atoms with van der Waals surface area (Å²) in [6.07, 6.45) is 14.7. The average Bonchev–Trinajstić information content (AvgIpc) is 3.21. The zero-order valence-electron chi connectivity index (χ0n) is 18.7.